The van der Waals surface area contributed by atoms with E-state index in [1.807, 2.05) is 11.8 Å². The summed E-state index contributed by atoms with van der Waals surface area (Å²) in [6.07, 6.45) is 6.28. The Kier molecular flexibility index (Phi) is 7.98. The molecule has 7 nitrogen and oxygen atoms in total. The molecule has 132 valence electrons. The number of unbranched alkanes of at least 4 members (excludes halogenated alkanes) is 3. The Morgan fingerprint density at radius 3 is 2.96 bits per heavy atom. The van der Waals surface area contributed by atoms with Gasteiger partial charge >= 0.3 is 12.0 Å². The van der Waals surface area contributed by atoms with Gasteiger partial charge in [0.25, 0.3) is 0 Å². The van der Waals surface area contributed by atoms with Crippen LogP contribution in [0.3, 0.4) is 0 Å². The van der Waals surface area contributed by atoms with Crippen molar-refractivity contribution in [3.05, 3.63) is 0 Å². The van der Waals surface area contributed by atoms with Gasteiger partial charge in [-0.05, 0) is 32.2 Å². The molecule has 2 heterocycles. The number of amides is 2. The maximum Gasteiger partial charge on any atom is 0.324 e. The molecule has 0 aromatic carbocycles. The molecular formula is C15H28N4O3S. The molecule has 2 aliphatic heterocycles. The molecule has 2 aliphatic rings. The highest BCUT2D eigenvalue weighted by molar-refractivity contribution is 8.00. The monoisotopic (exact) mass is 344 g/mol. The minimum absolute atomic E-state index is 0.0496. The van der Waals surface area contributed by atoms with Gasteiger partial charge in [-0.3, -0.25) is 4.79 Å². The van der Waals surface area contributed by atoms with Crippen molar-refractivity contribution >= 4 is 23.8 Å². The Balaban J connectivity index is 1.46. The van der Waals surface area contributed by atoms with Crippen LogP contribution >= 0.6 is 11.8 Å². The molecule has 2 amide bonds. The summed E-state index contributed by atoms with van der Waals surface area (Å²) in [7, 11) is 0. The third kappa shape index (κ3) is 6.19. The van der Waals surface area contributed by atoms with Crippen LogP contribution in [0.5, 0.6) is 0 Å². The summed E-state index contributed by atoms with van der Waals surface area (Å²) in [6, 6.07) is 0.465. The van der Waals surface area contributed by atoms with Gasteiger partial charge in [0.2, 0.25) is 0 Å². The van der Waals surface area contributed by atoms with Gasteiger partial charge in [0.15, 0.2) is 0 Å². The summed E-state index contributed by atoms with van der Waals surface area (Å²) in [5, 5.41) is 6.37. The standard InChI is InChI=1S/C15H28N4O3S/c16-8-4-1-5-9-17-22-13(20)7-3-2-6-12-14-11(10-23-12)18-15(21)19-14/h11-12,14,17H,1-10,16H2,(H2,18,19,21)/t11-,12-,14-/m0/s1. The number of carbonyl (C=O) groups excluding carboxylic acids is 2. The zero-order valence-corrected chi connectivity index (χ0v) is 14.3. The molecule has 0 bridgehead atoms. The van der Waals surface area contributed by atoms with Crippen LogP contribution in [0.25, 0.3) is 0 Å². The Bertz CT molecular complexity index is 397. The fraction of sp³-hybridized carbons (Fsp3) is 0.867. The van der Waals surface area contributed by atoms with Crippen LogP contribution in [0.15, 0.2) is 0 Å². The maximum atomic E-state index is 11.6. The van der Waals surface area contributed by atoms with E-state index in [-0.39, 0.29) is 24.1 Å². The van der Waals surface area contributed by atoms with Gasteiger partial charge in [-0.25, -0.2) is 4.79 Å². The van der Waals surface area contributed by atoms with E-state index in [1.165, 1.54) is 0 Å². The van der Waals surface area contributed by atoms with Gasteiger partial charge in [-0.15, -0.1) is 0 Å². The van der Waals surface area contributed by atoms with Gasteiger partial charge in [-0.1, -0.05) is 12.8 Å². The molecule has 2 fully saturated rings. The molecule has 0 saturated carbocycles. The Morgan fingerprint density at radius 2 is 2.13 bits per heavy atom. The topological polar surface area (TPSA) is 105 Å². The second-order valence-corrected chi connectivity index (χ2v) is 7.36. The van der Waals surface area contributed by atoms with Crippen LogP contribution in [-0.4, -0.2) is 48.2 Å². The normalized spacial score (nSPS) is 25.8. The largest absolute Gasteiger partial charge is 0.371 e. The third-order valence-corrected chi connectivity index (χ3v) is 5.74. The maximum absolute atomic E-state index is 11.6. The summed E-state index contributed by atoms with van der Waals surface area (Å²) in [5.41, 5.74) is 8.12. The number of thioether (sulfide) groups is 1. The lowest BCUT2D eigenvalue weighted by atomic mass is 10.0. The second kappa shape index (κ2) is 10.00. The number of rotatable bonds is 11. The number of hydrogen-bond donors (Lipinski definition) is 4. The number of nitrogens with two attached hydrogens (primary N) is 1. The van der Waals surface area contributed by atoms with E-state index >= 15 is 0 Å². The van der Waals surface area contributed by atoms with Crippen molar-refractivity contribution in [1.29, 1.82) is 0 Å². The number of urea groups is 1. The SMILES string of the molecule is NCCCCCNOC(=O)CCCC[C@@H]1SC[C@@H]2NC(=O)N[C@@H]21. The number of nitrogens with one attached hydrogen (secondary N) is 3. The summed E-state index contributed by atoms with van der Waals surface area (Å²) in [4.78, 5) is 27.9. The van der Waals surface area contributed by atoms with E-state index in [0.717, 1.165) is 44.3 Å². The van der Waals surface area contributed by atoms with Crippen molar-refractivity contribution in [1.82, 2.24) is 16.1 Å². The molecule has 0 unspecified atom stereocenters. The summed E-state index contributed by atoms with van der Waals surface area (Å²) < 4.78 is 0. The zero-order valence-electron chi connectivity index (χ0n) is 13.5. The molecular weight excluding hydrogens is 316 g/mol. The summed E-state index contributed by atoms with van der Waals surface area (Å²) in [5.74, 6) is 0.779. The Labute approximate surface area is 141 Å². The minimum Gasteiger partial charge on any atom is -0.371 e. The predicted octanol–water partition coefficient (Wildman–Crippen LogP) is 0.889. The number of carbonyl (C=O) groups is 2. The summed E-state index contributed by atoms with van der Waals surface area (Å²) in [6.45, 7) is 1.39. The average Bonchev–Trinajstić information content (AvgIpc) is 3.07. The molecule has 0 radical (unpaired) electrons. The van der Waals surface area contributed by atoms with Crippen LogP contribution < -0.4 is 21.8 Å². The van der Waals surface area contributed by atoms with Gasteiger partial charge < -0.3 is 21.2 Å². The van der Waals surface area contributed by atoms with E-state index < -0.39 is 0 Å². The van der Waals surface area contributed by atoms with Gasteiger partial charge in [0, 0.05) is 24.0 Å². The molecule has 0 aromatic rings. The second-order valence-electron chi connectivity index (χ2n) is 6.09. The highest BCUT2D eigenvalue weighted by Crippen LogP contribution is 2.33. The highest BCUT2D eigenvalue weighted by Gasteiger charge is 2.42. The van der Waals surface area contributed by atoms with Crippen LogP contribution in [0, 0.1) is 0 Å². The molecule has 8 heteroatoms. The first-order chi connectivity index (χ1) is 11.2. The van der Waals surface area contributed by atoms with Gasteiger partial charge in [0.05, 0.1) is 12.1 Å². The van der Waals surface area contributed by atoms with Crippen molar-refractivity contribution in [2.45, 2.75) is 62.3 Å². The van der Waals surface area contributed by atoms with Crippen LogP contribution in [-0.2, 0) is 9.63 Å². The molecule has 0 aliphatic carbocycles. The minimum atomic E-state index is -0.198. The molecule has 2 saturated heterocycles. The van der Waals surface area contributed by atoms with Crippen LogP contribution in [0.4, 0.5) is 4.79 Å². The van der Waals surface area contributed by atoms with E-state index in [1.54, 1.807) is 0 Å². The lowest BCUT2D eigenvalue weighted by Crippen LogP contribution is -2.36. The van der Waals surface area contributed by atoms with E-state index in [9.17, 15) is 9.59 Å². The molecule has 0 aromatic heterocycles. The number of fused-ring (bicyclic) bond motifs is 1. The Hall–Kier alpha value is -0.990. The Morgan fingerprint density at radius 1 is 1.26 bits per heavy atom. The molecule has 23 heavy (non-hydrogen) atoms. The lowest BCUT2D eigenvalue weighted by molar-refractivity contribution is -0.151. The van der Waals surface area contributed by atoms with Crippen LogP contribution in [0.1, 0.15) is 44.9 Å². The van der Waals surface area contributed by atoms with Crippen molar-refractivity contribution in [2.24, 2.45) is 5.73 Å². The highest BCUT2D eigenvalue weighted by atomic mass is 32.2. The van der Waals surface area contributed by atoms with Gasteiger partial charge in [-0.2, -0.15) is 17.2 Å². The summed E-state index contributed by atoms with van der Waals surface area (Å²) >= 11 is 1.90. The first-order valence-corrected chi connectivity index (χ1v) is 9.57. The number of hydroxylamine groups is 1. The fourth-order valence-electron chi connectivity index (χ4n) is 2.96. The zero-order chi connectivity index (χ0) is 16.5. The first-order valence-electron chi connectivity index (χ1n) is 8.52. The number of hydrogen-bond acceptors (Lipinski definition) is 6. The lowest BCUT2D eigenvalue weighted by Gasteiger charge is -2.16. The molecule has 3 atom stereocenters. The van der Waals surface area contributed by atoms with E-state index in [2.05, 4.69) is 16.1 Å². The van der Waals surface area contributed by atoms with Crippen molar-refractivity contribution in [3.8, 4) is 0 Å². The van der Waals surface area contributed by atoms with Crippen LogP contribution in [0.2, 0.25) is 0 Å². The third-order valence-electron chi connectivity index (χ3n) is 4.23. The smallest absolute Gasteiger partial charge is 0.324 e. The van der Waals surface area contributed by atoms with E-state index in [0.29, 0.717) is 24.8 Å². The molecule has 2 rings (SSSR count). The quantitative estimate of drug-likeness (QED) is 0.252. The molecule has 5 N–H and O–H groups in total. The molecule has 0 spiro atoms. The predicted molar refractivity (Wildman–Crippen MR) is 91.0 cm³/mol. The van der Waals surface area contributed by atoms with Crippen molar-refractivity contribution in [3.63, 3.8) is 0 Å². The van der Waals surface area contributed by atoms with Crippen molar-refractivity contribution in [2.75, 3.05) is 18.8 Å². The van der Waals surface area contributed by atoms with Gasteiger partial charge in [0.1, 0.15) is 0 Å². The first kappa shape index (κ1) is 18.4. The van der Waals surface area contributed by atoms with Crippen molar-refractivity contribution < 1.29 is 14.4 Å². The fourth-order valence-corrected chi connectivity index (χ4v) is 4.50. The average molecular weight is 344 g/mol. The van der Waals surface area contributed by atoms with E-state index in [4.69, 9.17) is 10.6 Å².